The summed E-state index contributed by atoms with van der Waals surface area (Å²) < 4.78 is 41.7. The largest absolute Gasteiger partial charge is 0.417 e. The van der Waals surface area contributed by atoms with Crippen LogP contribution in [0.1, 0.15) is 5.56 Å². The molecular formula is C10H12ClF3N2O. The van der Waals surface area contributed by atoms with E-state index in [2.05, 4.69) is 10.3 Å². The van der Waals surface area contributed by atoms with Crippen LogP contribution >= 0.6 is 11.6 Å². The summed E-state index contributed by atoms with van der Waals surface area (Å²) in [5, 5.41) is 2.84. The number of nitrogens with zero attached hydrogens (tertiary/aromatic N) is 1. The van der Waals surface area contributed by atoms with Gasteiger partial charge >= 0.3 is 6.18 Å². The summed E-state index contributed by atoms with van der Waals surface area (Å²) in [7, 11) is 0. The molecule has 1 N–H and O–H groups in total. The Bertz CT molecular complexity index is 329. The molecule has 1 aromatic rings. The third-order valence-corrected chi connectivity index (χ3v) is 2.02. The third kappa shape index (κ3) is 5.23. The van der Waals surface area contributed by atoms with Crippen LogP contribution in [0, 0.1) is 0 Å². The zero-order valence-corrected chi connectivity index (χ0v) is 9.68. The second kappa shape index (κ2) is 6.66. The molecule has 0 aliphatic heterocycles. The van der Waals surface area contributed by atoms with Crippen molar-refractivity contribution >= 4 is 17.4 Å². The van der Waals surface area contributed by atoms with Gasteiger partial charge in [-0.2, -0.15) is 13.2 Å². The summed E-state index contributed by atoms with van der Waals surface area (Å²) in [5.41, 5.74) is -0.763. The zero-order valence-electron chi connectivity index (χ0n) is 8.93. The van der Waals surface area contributed by atoms with Gasteiger partial charge in [-0.1, -0.05) is 0 Å². The Morgan fingerprint density at radius 3 is 2.59 bits per heavy atom. The van der Waals surface area contributed by atoms with E-state index in [1.165, 1.54) is 6.07 Å². The number of nitrogens with one attached hydrogen (secondary N) is 1. The number of pyridine rings is 1. The number of hydrogen-bond donors (Lipinski definition) is 1. The number of ether oxygens (including phenoxy) is 1. The Balaban J connectivity index is 2.36. The SMILES string of the molecule is FC(F)(F)c1ccc(NCCOCCCl)nc1. The van der Waals surface area contributed by atoms with Crippen LogP contribution < -0.4 is 5.32 Å². The van der Waals surface area contributed by atoms with E-state index < -0.39 is 11.7 Å². The first-order chi connectivity index (χ1) is 8.04. The van der Waals surface area contributed by atoms with E-state index in [9.17, 15) is 13.2 Å². The normalized spacial score (nSPS) is 11.5. The van der Waals surface area contributed by atoms with E-state index in [1.807, 2.05) is 0 Å². The number of rotatable bonds is 6. The van der Waals surface area contributed by atoms with Crippen molar-refractivity contribution in [3.05, 3.63) is 23.9 Å². The first kappa shape index (κ1) is 14.1. The van der Waals surface area contributed by atoms with Gasteiger partial charge in [0.15, 0.2) is 0 Å². The Hall–Kier alpha value is -1.01. The van der Waals surface area contributed by atoms with Crippen LogP contribution in [0.25, 0.3) is 0 Å². The molecule has 0 aromatic carbocycles. The monoisotopic (exact) mass is 268 g/mol. The molecule has 17 heavy (non-hydrogen) atoms. The van der Waals surface area contributed by atoms with Crippen LogP contribution in [0.15, 0.2) is 18.3 Å². The van der Waals surface area contributed by atoms with Crippen molar-refractivity contribution in [3.8, 4) is 0 Å². The molecular weight excluding hydrogens is 257 g/mol. The fourth-order valence-electron chi connectivity index (χ4n) is 1.07. The van der Waals surface area contributed by atoms with Crippen LogP contribution in [-0.4, -0.2) is 30.6 Å². The van der Waals surface area contributed by atoms with E-state index in [0.29, 0.717) is 31.5 Å². The molecule has 0 saturated heterocycles. The lowest BCUT2D eigenvalue weighted by Crippen LogP contribution is -2.12. The van der Waals surface area contributed by atoms with Gasteiger partial charge < -0.3 is 10.1 Å². The second-order valence-corrected chi connectivity index (χ2v) is 3.54. The number of anilines is 1. The summed E-state index contributed by atoms with van der Waals surface area (Å²) in [6, 6.07) is 2.26. The van der Waals surface area contributed by atoms with Crippen molar-refractivity contribution in [1.29, 1.82) is 0 Å². The van der Waals surface area contributed by atoms with Crippen molar-refractivity contribution in [2.45, 2.75) is 6.18 Å². The van der Waals surface area contributed by atoms with Gasteiger partial charge in [-0.3, -0.25) is 0 Å². The highest BCUT2D eigenvalue weighted by molar-refractivity contribution is 6.17. The number of aromatic nitrogens is 1. The van der Waals surface area contributed by atoms with E-state index in [1.54, 1.807) is 0 Å². The summed E-state index contributed by atoms with van der Waals surface area (Å²) in [6.45, 7) is 1.34. The molecule has 3 nitrogen and oxygen atoms in total. The molecule has 1 aromatic heterocycles. The Morgan fingerprint density at radius 1 is 1.29 bits per heavy atom. The number of hydrogen-bond acceptors (Lipinski definition) is 3. The minimum atomic E-state index is -4.35. The van der Waals surface area contributed by atoms with Gasteiger partial charge in [0.25, 0.3) is 0 Å². The molecule has 1 heterocycles. The molecule has 1 rings (SSSR count). The fourth-order valence-corrected chi connectivity index (χ4v) is 1.18. The van der Waals surface area contributed by atoms with Crippen LogP contribution in [0.2, 0.25) is 0 Å². The first-order valence-electron chi connectivity index (χ1n) is 4.95. The predicted octanol–water partition coefficient (Wildman–Crippen LogP) is 2.77. The highest BCUT2D eigenvalue weighted by Crippen LogP contribution is 2.28. The zero-order chi connectivity index (χ0) is 12.7. The molecule has 0 aliphatic rings. The van der Waals surface area contributed by atoms with Crippen molar-refractivity contribution in [2.24, 2.45) is 0 Å². The highest BCUT2D eigenvalue weighted by atomic mass is 35.5. The Morgan fingerprint density at radius 2 is 2.06 bits per heavy atom. The minimum Gasteiger partial charge on any atom is -0.378 e. The number of halogens is 4. The molecule has 0 spiro atoms. The summed E-state index contributed by atoms with van der Waals surface area (Å²) in [5.74, 6) is 0.797. The molecule has 0 atom stereocenters. The lowest BCUT2D eigenvalue weighted by atomic mass is 10.3. The van der Waals surface area contributed by atoms with Crippen molar-refractivity contribution < 1.29 is 17.9 Å². The summed E-state index contributed by atoms with van der Waals surface area (Å²) in [4.78, 5) is 3.65. The van der Waals surface area contributed by atoms with E-state index in [0.717, 1.165) is 12.3 Å². The van der Waals surface area contributed by atoms with Gasteiger partial charge in [0.05, 0.1) is 18.8 Å². The molecule has 0 bridgehead atoms. The topological polar surface area (TPSA) is 34.1 Å². The average Bonchev–Trinajstić information content (AvgIpc) is 2.28. The van der Waals surface area contributed by atoms with E-state index in [4.69, 9.17) is 16.3 Å². The van der Waals surface area contributed by atoms with Gasteiger partial charge in [-0.05, 0) is 12.1 Å². The van der Waals surface area contributed by atoms with Crippen LogP contribution in [0.3, 0.4) is 0 Å². The van der Waals surface area contributed by atoms with Crippen LogP contribution in [-0.2, 0) is 10.9 Å². The highest BCUT2D eigenvalue weighted by Gasteiger charge is 2.30. The average molecular weight is 269 g/mol. The minimum absolute atomic E-state index is 0.382. The van der Waals surface area contributed by atoms with Crippen LogP contribution in [0.4, 0.5) is 19.0 Å². The predicted molar refractivity (Wildman–Crippen MR) is 59.3 cm³/mol. The van der Waals surface area contributed by atoms with E-state index >= 15 is 0 Å². The maximum absolute atomic E-state index is 12.2. The van der Waals surface area contributed by atoms with Crippen LogP contribution in [0.5, 0.6) is 0 Å². The van der Waals surface area contributed by atoms with Gasteiger partial charge in [-0.25, -0.2) is 4.98 Å². The molecule has 0 fully saturated rings. The van der Waals surface area contributed by atoms with Gasteiger partial charge in [0, 0.05) is 18.6 Å². The molecule has 7 heteroatoms. The Kier molecular flexibility index (Phi) is 5.50. The molecule has 0 amide bonds. The molecule has 0 radical (unpaired) electrons. The molecule has 0 saturated carbocycles. The third-order valence-electron chi connectivity index (χ3n) is 1.86. The maximum atomic E-state index is 12.2. The molecule has 0 aliphatic carbocycles. The van der Waals surface area contributed by atoms with Gasteiger partial charge in [0.2, 0.25) is 0 Å². The maximum Gasteiger partial charge on any atom is 0.417 e. The standard InChI is InChI=1S/C10H12ClF3N2O/c11-3-5-17-6-4-15-9-2-1-8(7-16-9)10(12,13)14/h1-2,7H,3-6H2,(H,15,16). The van der Waals surface area contributed by atoms with Crippen molar-refractivity contribution in [1.82, 2.24) is 4.98 Å². The quantitative estimate of drug-likeness (QED) is 0.636. The van der Waals surface area contributed by atoms with Gasteiger partial charge in [0.1, 0.15) is 5.82 Å². The summed E-state index contributed by atoms with van der Waals surface area (Å²) >= 11 is 5.39. The lowest BCUT2D eigenvalue weighted by Gasteiger charge is -2.08. The molecule has 96 valence electrons. The Labute approximate surface area is 102 Å². The van der Waals surface area contributed by atoms with Gasteiger partial charge in [-0.15, -0.1) is 11.6 Å². The smallest absolute Gasteiger partial charge is 0.378 e. The van der Waals surface area contributed by atoms with Crippen molar-refractivity contribution in [3.63, 3.8) is 0 Å². The fraction of sp³-hybridized carbons (Fsp3) is 0.500. The van der Waals surface area contributed by atoms with E-state index in [-0.39, 0.29) is 0 Å². The first-order valence-corrected chi connectivity index (χ1v) is 5.48. The molecule has 0 unspecified atom stereocenters. The van der Waals surface area contributed by atoms with Crippen molar-refractivity contribution in [2.75, 3.05) is 31.0 Å². The summed E-state index contributed by atoms with van der Waals surface area (Å²) in [6.07, 6.45) is -3.56. The number of alkyl halides is 4. The second-order valence-electron chi connectivity index (χ2n) is 3.16. The lowest BCUT2D eigenvalue weighted by molar-refractivity contribution is -0.137.